The zero-order chi connectivity index (χ0) is 30.2. The molecule has 0 saturated heterocycles. The molecule has 1 aromatic heterocycles. The summed E-state index contributed by atoms with van der Waals surface area (Å²) in [6.07, 6.45) is 2.32. The third-order valence-electron chi connectivity index (χ3n) is 6.21. The fourth-order valence-electron chi connectivity index (χ4n) is 4.04. The number of halogens is 1. The number of amides is 1. The Bertz CT molecular complexity index is 1320. The van der Waals surface area contributed by atoms with E-state index in [-0.39, 0.29) is 19.5 Å². The van der Waals surface area contributed by atoms with Gasteiger partial charge in [0.05, 0.1) is 11.9 Å². The molecule has 1 unspecified atom stereocenters. The van der Waals surface area contributed by atoms with E-state index in [1.165, 1.54) is 0 Å². The molecule has 0 fully saturated rings. The van der Waals surface area contributed by atoms with E-state index in [4.69, 9.17) is 21.1 Å². The second-order valence-electron chi connectivity index (χ2n) is 11.0. The number of benzene rings is 2. The van der Waals surface area contributed by atoms with Crippen molar-refractivity contribution >= 4 is 23.7 Å². The van der Waals surface area contributed by atoms with Gasteiger partial charge in [0.1, 0.15) is 29.0 Å². The van der Waals surface area contributed by atoms with Gasteiger partial charge in [-0.05, 0) is 77.7 Å². The molecule has 0 radical (unpaired) electrons. The molecule has 222 valence electrons. The Morgan fingerprint density at radius 1 is 1.15 bits per heavy atom. The lowest BCUT2D eigenvalue weighted by Gasteiger charge is -2.20. The van der Waals surface area contributed by atoms with Gasteiger partial charge in [0.2, 0.25) is 0 Å². The van der Waals surface area contributed by atoms with Crippen LogP contribution in [0.2, 0.25) is 5.02 Å². The lowest BCUT2D eigenvalue weighted by Crippen LogP contribution is -2.40. The van der Waals surface area contributed by atoms with E-state index >= 15 is 0 Å². The summed E-state index contributed by atoms with van der Waals surface area (Å²) in [6, 6.07) is 12.0. The predicted octanol–water partition coefficient (Wildman–Crippen LogP) is 5.09. The van der Waals surface area contributed by atoms with Crippen LogP contribution >= 0.6 is 11.6 Å². The number of nitrogens with zero attached hydrogens (tertiary/aromatic N) is 3. The first kappa shape index (κ1) is 31.9. The van der Waals surface area contributed by atoms with Crippen LogP contribution in [0.5, 0.6) is 11.5 Å². The van der Waals surface area contributed by atoms with Gasteiger partial charge in [-0.25, -0.2) is 9.78 Å². The van der Waals surface area contributed by atoms with Gasteiger partial charge < -0.3 is 34.7 Å². The molecule has 0 spiro atoms. The van der Waals surface area contributed by atoms with E-state index in [0.717, 1.165) is 35.6 Å². The minimum absolute atomic E-state index is 0.142. The number of carboxylic acid groups (broad SMARTS) is 1. The number of aromatic nitrogens is 2. The van der Waals surface area contributed by atoms with Gasteiger partial charge in [0, 0.05) is 49.3 Å². The van der Waals surface area contributed by atoms with Gasteiger partial charge >= 0.3 is 12.1 Å². The first-order valence-corrected chi connectivity index (χ1v) is 13.9. The van der Waals surface area contributed by atoms with Crippen LogP contribution in [0.15, 0.2) is 48.7 Å². The summed E-state index contributed by atoms with van der Waals surface area (Å²) in [6.45, 7) is 6.57. The number of alkyl carbamates (subject to hydrolysis) is 1. The summed E-state index contributed by atoms with van der Waals surface area (Å²) in [7, 11) is 6.10. The van der Waals surface area contributed by atoms with Crippen molar-refractivity contribution in [2.24, 2.45) is 7.05 Å². The van der Waals surface area contributed by atoms with Crippen LogP contribution in [0.25, 0.3) is 11.3 Å². The Morgan fingerprint density at radius 3 is 2.49 bits per heavy atom. The zero-order valence-electron chi connectivity index (χ0n) is 24.5. The van der Waals surface area contributed by atoms with Crippen LogP contribution in [-0.2, 0) is 29.5 Å². The normalized spacial score (nSPS) is 12.3. The molecule has 0 aliphatic rings. The number of carbonyl (C=O) groups is 2. The number of hydrogen-bond donors (Lipinski definition) is 3. The summed E-state index contributed by atoms with van der Waals surface area (Å²) in [4.78, 5) is 30.4. The number of aliphatic carboxylic acids is 1. The smallest absolute Gasteiger partial charge is 0.407 e. The molecule has 11 heteroatoms. The average Bonchev–Trinajstić information content (AvgIpc) is 3.25. The average molecular weight is 586 g/mol. The number of carbonyl (C=O) groups excluding carboxylic acids is 1. The van der Waals surface area contributed by atoms with Crippen molar-refractivity contribution < 1.29 is 24.2 Å². The number of carboxylic acids is 1. The van der Waals surface area contributed by atoms with Crippen LogP contribution in [0, 0.1) is 0 Å². The third-order valence-corrected chi connectivity index (χ3v) is 6.45. The number of rotatable bonds is 13. The quantitative estimate of drug-likeness (QED) is 0.254. The van der Waals surface area contributed by atoms with Crippen molar-refractivity contribution in [2.75, 3.05) is 27.2 Å². The number of imidazole rings is 1. The third kappa shape index (κ3) is 10.1. The first-order valence-electron chi connectivity index (χ1n) is 13.5. The van der Waals surface area contributed by atoms with Crippen LogP contribution in [-0.4, -0.2) is 70.4 Å². The Labute approximate surface area is 246 Å². The van der Waals surface area contributed by atoms with Crippen molar-refractivity contribution in [3.63, 3.8) is 0 Å². The SMILES string of the molecule is CN(C)CCc1ncc(-c2ccc(Oc3cc(Cl)ccc3CNC(CCNC(=O)OC(C)(C)C)C(=O)O)cc2)n1C. The van der Waals surface area contributed by atoms with Gasteiger partial charge in [-0.3, -0.25) is 4.79 Å². The van der Waals surface area contributed by atoms with Gasteiger partial charge in [0.15, 0.2) is 0 Å². The van der Waals surface area contributed by atoms with Crippen molar-refractivity contribution in [1.29, 1.82) is 0 Å². The molecule has 1 heterocycles. The standard InChI is InChI=1S/C30H40ClN5O5/c1-30(2,3)41-29(39)32-15-13-24(28(37)38)33-18-21-7-10-22(31)17-26(21)40-23-11-8-20(9-12-23)25-19-34-27(36(25)6)14-16-35(4)5/h7-12,17,19,24,33H,13-16,18H2,1-6H3,(H,32,39)(H,37,38). The molecule has 3 N–H and O–H groups in total. The molecule has 0 aliphatic carbocycles. The predicted molar refractivity (Wildman–Crippen MR) is 160 cm³/mol. The highest BCUT2D eigenvalue weighted by Crippen LogP contribution is 2.30. The Hall–Kier alpha value is -3.60. The van der Waals surface area contributed by atoms with E-state index in [1.54, 1.807) is 39.0 Å². The summed E-state index contributed by atoms with van der Waals surface area (Å²) < 4.78 is 13.5. The molecule has 0 aliphatic heterocycles. The molecule has 2 aromatic carbocycles. The fraction of sp³-hybridized carbons (Fsp3) is 0.433. The lowest BCUT2D eigenvalue weighted by molar-refractivity contribution is -0.139. The van der Waals surface area contributed by atoms with E-state index in [0.29, 0.717) is 16.5 Å². The number of likely N-dealkylation sites (N-methyl/N-ethyl adjacent to an activating group) is 1. The second kappa shape index (κ2) is 14.3. The van der Waals surface area contributed by atoms with E-state index < -0.39 is 23.7 Å². The minimum Gasteiger partial charge on any atom is -0.480 e. The Kier molecular flexibility index (Phi) is 11.2. The van der Waals surface area contributed by atoms with Crippen LogP contribution in [0.3, 0.4) is 0 Å². The van der Waals surface area contributed by atoms with E-state index in [9.17, 15) is 14.7 Å². The maximum atomic E-state index is 11.9. The highest BCUT2D eigenvalue weighted by molar-refractivity contribution is 6.30. The van der Waals surface area contributed by atoms with Gasteiger partial charge in [0.25, 0.3) is 0 Å². The van der Waals surface area contributed by atoms with Crippen molar-refractivity contribution in [1.82, 2.24) is 25.1 Å². The van der Waals surface area contributed by atoms with Crippen molar-refractivity contribution in [3.05, 3.63) is 65.1 Å². The van der Waals surface area contributed by atoms with Gasteiger partial charge in [-0.2, -0.15) is 0 Å². The highest BCUT2D eigenvalue weighted by atomic mass is 35.5. The maximum Gasteiger partial charge on any atom is 0.407 e. The van der Waals surface area contributed by atoms with Crippen LogP contribution in [0.1, 0.15) is 38.6 Å². The summed E-state index contributed by atoms with van der Waals surface area (Å²) in [5.41, 5.74) is 2.13. The molecule has 0 saturated carbocycles. The van der Waals surface area contributed by atoms with Crippen molar-refractivity contribution in [3.8, 4) is 22.8 Å². The molecule has 41 heavy (non-hydrogen) atoms. The summed E-state index contributed by atoms with van der Waals surface area (Å²) >= 11 is 6.25. The highest BCUT2D eigenvalue weighted by Gasteiger charge is 2.20. The molecular formula is C30H40ClN5O5. The molecule has 3 rings (SSSR count). The van der Waals surface area contributed by atoms with Gasteiger partial charge in [-0.15, -0.1) is 0 Å². The zero-order valence-corrected chi connectivity index (χ0v) is 25.3. The van der Waals surface area contributed by atoms with Crippen LogP contribution in [0.4, 0.5) is 4.79 Å². The van der Waals surface area contributed by atoms with E-state index in [1.807, 2.05) is 51.6 Å². The maximum absolute atomic E-state index is 11.9. The summed E-state index contributed by atoms with van der Waals surface area (Å²) in [5, 5.41) is 15.8. The Morgan fingerprint density at radius 2 is 1.85 bits per heavy atom. The first-order chi connectivity index (χ1) is 19.3. The Balaban J connectivity index is 1.64. The molecule has 1 amide bonds. The molecule has 1 atom stereocenters. The second-order valence-corrected chi connectivity index (χ2v) is 11.5. The summed E-state index contributed by atoms with van der Waals surface area (Å²) in [5.74, 6) is 1.12. The van der Waals surface area contributed by atoms with Gasteiger partial charge in [-0.1, -0.05) is 17.7 Å². The molecule has 10 nitrogen and oxygen atoms in total. The van der Waals surface area contributed by atoms with E-state index in [2.05, 4.69) is 25.1 Å². The monoisotopic (exact) mass is 585 g/mol. The fourth-order valence-corrected chi connectivity index (χ4v) is 4.20. The number of ether oxygens (including phenoxy) is 2. The molecule has 3 aromatic rings. The minimum atomic E-state index is -1.02. The lowest BCUT2D eigenvalue weighted by atomic mass is 10.1. The molecule has 0 bridgehead atoms. The molecular weight excluding hydrogens is 546 g/mol. The van der Waals surface area contributed by atoms with Crippen LogP contribution < -0.4 is 15.4 Å². The topological polar surface area (TPSA) is 118 Å². The number of hydrogen-bond acceptors (Lipinski definition) is 7. The number of nitrogens with one attached hydrogen (secondary N) is 2. The largest absolute Gasteiger partial charge is 0.480 e. The van der Waals surface area contributed by atoms with Crippen molar-refractivity contribution in [2.45, 2.75) is 51.8 Å².